The molecule has 1 unspecified atom stereocenters. The summed E-state index contributed by atoms with van der Waals surface area (Å²) in [5, 5.41) is 0.574. The predicted octanol–water partition coefficient (Wildman–Crippen LogP) is 2.80. The van der Waals surface area contributed by atoms with Crippen LogP contribution in [0.3, 0.4) is 0 Å². The normalized spacial score (nSPS) is 15.2. The van der Waals surface area contributed by atoms with Crippen molar-refractivity contribution < 1.29 is 13.8 Å². The Balaban J connectivity index is 1.85. The number of carbonyl (C=O) groups excluding carboxylic acids is 2. The van der Waals surface area contributed by atoms with E-state index in [0.29, 0.717) is 16.1 Å². The molecule has 0 saturated carbocycles. The largest absolute Gasteiger partial charge is 0.273 e. The van der Waals surface area contributed by atoms with Crippen LogP contribution in [-0.2, 0) is 16.7 Å². The molecule has 2 aromatic rings. The van der Waals surface area contributed by atoms with E-state index in [1.807, 2.05) is 0 Å². The molecular weight excluding hydrogens is 310 g/mol. The number of rotatable bonds is 3. The van der Waals surface area contributed by atoms with Crippen LogP contribution in [0.2, 0.25) is 5.02 Å². The van der Waals surface area contributed by atoms with Gasteiger partial charge in [0.2, 0.25) is 0 Å². The minimum atomic E-state index is -1.75. The Kier molecular flexibility index (Phi) is 3.61. The van der Waals surface area contributed by atoms with Crippen LogP contribution in [0.4, 0.5) is 0 Å². The molecular formula is C15H10ClNO3S. The average Bonchev–Trinajstić information content (AvgIpc) is 2.74. The summed E-state index contributed by atoms with van der Waals surface area (Å²) in [4.78, 5) is 24.4. The van der Waals surface area contributed by atoms with E-state index in [1.54, 1.807) is 48.5 Å². The van der Waals surface area contributed by atoms with Gasteiger partial charge in [-0.25, -0.2) is 4.21 Å². The van der Waals surface area contributed by atoms with Crippen LogP contribution in [0, 0.1) is 0 Å². The van der Waals surface area contributed by atoms with Gasteiger partial charge in [0.15, 0.2) is 0 Å². The smallest absolute Gasteiger partial charge is 0.268 e. The third-order valence-corrected chi connectivity index (χ3v) is 4.74. The summed E-state index contributed by atoms with van der Waals surface area (Å²) in [6.07, 6.45) is 0. The molecule has 1 heterocycles. The Bertz CT molecular complexity index is 723. The van der Waals surface area contributed by atoms with E-state index >= 15 is 0 Å². The second-order valence-corrected chi connectivity index (χ2v) is 6.28. The molecule has 21 heavy (non-hydrogen) atoms. The number of nitrogens with zero attached hydrogens (tertiary/aromatic N) is 1. The molecule has 2 amide bonds. The first kappa shape index (κ1) is 14.0. The third kappa shape index (κ3) is 2.50. The van der Waals surface area contributed by atoms with Crippen molar-refractivity contribution >= 4 is 34.4 Å². The first-order valence-electron chi connectivity index (χ1n) is 6.18. The zero-order chi connectivity index (χ0) is 15.0. The Morgan fingerprint density at radius 3 is 1.95 bits per heavy atom. The number of fused-ring (bicyclic) bond motifs is 1. The SMILES string of the molecule is O=C1c2ccccc2C(=O)N1S(=O)Cc1ccc(Cl)cc1. The number of hydrogen-bond donors (Lipinski definition) is 0. The number of hydrogen-bond acceptors (Lipinski definition) is 3. The number of imide groups is 1. The number of amides is 2. The van der Waals surface area contributed by atoms with Crippen molar-refractivity contribution in [2.45, 2.75) is 5.75 Å². The molecule has 0 spiro atoms. The summed E-state index contributed by atoms with van der Waals surface area (Å²) in [7, 11) is -1.75. The third-order valence-electron chi connectivity index (χ3n) is 3.16. The lowest BCUT2D eigenvalue weighted by molar-refractivity contribution is 0.0771. The zero-order valence-corrected chi connectivity index (χ0v) is 12.4. The first-order valence-corrected chi connectivity index (χ1v) is 7.84. The fourth-order valence-corrected chi connectivity index (χ4v) is 3.44. The molecule has 4 nitrogen and oxygen atoms in total. The quantitative estimate of drug-likeness (QED) is 0.817. The maximum atomic E-state index is 12.4. The highest BCUT2D eigenvalue weighted by Gasteiger charge is 2.38. The standard InChI is InChI=1S/C15H10ClNO3S/c16-11-7-5-10(6-8-11)9-21(20)17-14(18)12-3-1-2-4-13(12)15(17)19/h1-8H,9H2. The molecule has 0 N–H and O–H groups in total. The van der Waals surface area contributed by atoms with E-state index in [-0.39, 0.29) is 5.75 Å². The van der Waals surface area contributed by atoms with Gasteiger partial charge >= 0.3 is 0 Å². The van der Waals surface area contributed by atoms with Gasteiger partial charge in [-0.15, -0.1) is 0 Å². The van der Waals surface area contributed by atoms with Crippen LogP contribution in [0.25, 0.3) is 0 Å². The minimum absolute atomic E-state index is 0.0859. The molecule has 1 aliphatic rings. The average molecular weight is 320 g/mol. The number of benzene rings is 2. The Hall–Kier alpha value is -1.98. The second-order valence-electron chi connectivity index (χ2n) is 4.54. The molecule has 1 aliphatic heterocycles. The second kappa shape index (κ2) is 5.42. The van der Waals surface area contributed by atoms with Crippen LogP contribution >= 0.6 is 11.6 Å². The highest BCUT2D eigenvalue weighted by molar-refractivity contribution is 7.83. The molecule has 0 radical (unpaired) electrons. The van der Waals surface area contributed by atoms with E-state index in [2.05, 4.69) is 0 Å². The molecule has 3 rings (SSSR count). The molecule has 106 valence electrons. The summed E-state index contributed by atoms with van der Waals surface area (Å²) in [6, 6.07) is 13.3. The van der Waals surface area contributed by atoms with Crippen LogP contribution in [0.5, 0.6) is 0 Å². The summed E-state index contributed by atoms with van der Waals surface area (Å²) >= 11 is 5.79. The van der Waals surface area contributed by atoms with E-state index < -0.39 is 22.8 Å². The van der Waals surface area contributed by atoms with Crippen LogP contribution in [0.1, 0.15) is 26.3 Å². The van der Waals surface area contributed by atoms with Gasteiger partial charge in [0, 0.05) is 5.02 Å². The van der Waals surface area contributed by atoms with Crippen molar-refractivity contribution in [3.05, 3.63) is 70.2 Å². The summed E-state index contributed by atoms with van der Waals surface area (Å²) in [5.74, 6) is -0.936. The van der Waals surface area contributed by atoms with Crippen LogP contribution in [-0.4, -0.2) is 20.3 Å². The van der Waals surface area contributed by atoms with Crippen molar-refractivity contribution in [2.24, 2.45) is 0 Å². The first-order chi connectivity index (χ1) is 10.1. The molecule has 0 aliphatic carbocycles. The van der Waals surface area contributed by atoms with Crippen molar-refractivity contribution in [1.29, 1.82) is 0 Å². The van der Waals surface area contributed by atoms with Gasteiger partial charge in [-0.3, -0.25) is 9.59 Å². The highest BCUT2D eigenvalue weighted by atomic mass is 35.5. The topological polar surface area (TPSA) is 54.5 Å². The monoisotopic (exact) mass is 319 g/mol. The lowest BCUT2D eigenvalue weighted by Crippen LogP contribution is -2.32. The zero-order valence-electron chi connectivity index (χ0n) is 10.8. The van der Waals surface area contributed by atoms with Gasteiger partial charge in [-0.1, -0.05) is 35.9 Å². The van der Waals surface area contributed by atoms with E-state index in [9.17, 15) is 13.8 Å². The molecule has 2 aromatic carbocycles. The van der Waals surface area contributed by atoms with Gasteiger partial charge in [0.25, 0.3) is 11.8 Å². The van der Waals surface area contributed by atoms with E-state index in [4.69, 9.17) is 11.6 Å². The summed E-state index contributed by atoms with van der Waals surface area (Å²) in [6.45, 7) is 0. The highest BCUT2D eigenvalue weighted by Crippen LogP contribution is 2.25. The molecule has 0 fully saturated rings. The minimum Gasteiger partial charge on any atom is -0.268 e. The Morgan fingerprint density at radius 1 is 0.905 bits per heavy atom. The van der Waals surface area contributed by atoms with Crippen molar-refractivity contribution in [1.82, 2.24) is 4.31 Å². The fourth-order valence-electron chi connectivity index (χ4n) is 2.14. The van der Waals surface area contributed by atoms with Crippen LogP contribution in [0.15, 0.2) is 48.5 Å². The van der Waals surface area contributed by atoms with Crippen molar-refractivity contribution in [3.8, 4) is 0 Å². The lowest BCUT2D eigenvalue weighted by atomic mass is 10.1. The van der Waals surface area contributed by atoms with Crippen LogP contribution < -0.4 is 0 Å². The molecule has 0 saturated heterocycles. The number of halogens is 1. The van der Waals surface area contributed by atoms with E-state index in [1.165, 1.54) is 0 Å². The van der Waals surface area contributed by atoms with E-state index in [0.717, 1.165) is 9.87 Å². The van der Waals surface area contributed by atoms with Gasteiger partial charge in [-0.2, -0.15) is 4.31 Å². The Labute approximate surface area is 128 Å². The predicted molar refractivity (Wildman–Crippen MR) is 80.2 cm³/mol. The summed E-state index contributed by atoms with van der Waals surface area (Å²) in [5.41, 5.74) is 1.34. The van der Waals surface area contributed by atoms with Gasteiger partial charge in [-0.05, 0) is 29.8 Å². The van der Waals surface area contributed by atoms with Crippen molar-refractivity contribution in [2.75, 3.05) is 0 Å². The Morgan fingerprint density at radius 2 is 1.43 bits per heavy atom. The molecule has 6 heteroatoms. The van der Waals surface area contributed by atoms with Crippen molar-refractivity contribution in [3.63, 3.8) is 0 Å². The summed E-state index contributed by atoms with van der Waals surface area (Å²) < 4.78 is 13.2. The molecule has 0 aromatic heterocycles. The fraction of sp³-hybridized carbons (Fsp3) is 0.0667. The number of carbonyl (C=O) groups is 2. The maximum absolute atomic E-state index is 12.4. The molecule has 0 bridgehead atoms. The lowest BCUT2D eigenvalue weighted by Gasteiger charge is -2.12. The van der Waals surface area contributed by atoms with Gasteiger partial charge < -0.3 is 0 Å². The maximum Gasteiger partial charge on any atom is 0.273 e. The van der Waals surface area contributed by atoms with Gasteiger partial charge in [0.05, 0.1) is 16.9 Å². The molecule has 1 atom stereocenters. The van der Waals surface area contributed by atoms with Gasteiger partial charge in [0.1, 0.15) is 11.0 Å².